The Kier molecular flexibility index (Phi) is 5.59. The number of carbonyl (C=O) groups excluding carboxylic acids is 1. The van der Waals surface area contributed by atoms with E-state index < -0.39 is 10.5 Å². The Labute approximate surface area is 209 Å². The zero-order valence-corrected chi connectivity index (χ0v) is 20.4. The molecule has 3 atom stereocenters. The predicted octanol–water partition coefficient (Wildman–Crippen LogP) is 2.77. The highest BCUT2D eigenvalue weighted by Crippen LogP contribution is 2.55. The van der Waals surface area contributed by atoms with Crippen LogP contribution in [0.4, 0.5) is 17.3 Å². The Balaban J connectivity index is 1.11. The van der Waals surface area contributed by atoms with E-state index in [0.29, 0.717) is 36.5 Å². The van der Waals surface area contributed by atoms with E-state index >= 15 is 0 Å². The molecule has 1 amide bonds. The molecule has 2 aromatic rings. The van der Waals surface area contributed by atoms with Gasteiger partial charge in [-0.1, -0.05) is 6.07 Å². The van der Waals surface area contributed by atoms with E-state index in [1.165, 1.54) is 6.07 Å². The molecule has 7 rings (SSSR count). The van der Waals surface area contributed by atoms with Gasteiger partial charge >= 0.3 is 5.82 Å². The number of nitro groups is 1. The summed E-state index contributed by atoms with van der Waals surface area (Å²) in [7, 11) is 0. The smallest absolute Gasteiger partial charge is 0.363 e. The first-order valence-electron chi connectivity index (χ1n) is 12.9. The van der Waals surface area contributed by atoms with Gasteiger partial charge in [0, 0.05) is 37.8 Å². The van der Waals surface area contributed by atoms with Gasteiger partial charge in [0.25, 0.3) is 5.91 Å². The van der Waals surface area contributed by atoms with Crippen molar-refractivity contribution in [2.45, 2.75) is 56.7 Å². The Morgan fingerprint density at radius 1 is 1.17 bits per heavy atom. The van der Waals surface area contributed by atoms with Gasteiger partial charge in [-0.25, -0.2) is 4.98 Å². The standard InChI is InChI=1S/C26H32N6O4/c1-16-15-30(20-5-6-22(27-14-20)32(35)36)7-8-31(16)23-4-2-3-21(28-23)25(33)29-24-18-9-17-10-19(24)13-26(34,11-17)12-18/h2-6,14,16-19,24,34H,7-13,15H2,1H3,(H,29,33). The van der Waals surface area contributed by atoms with E-state index in [1.807, 2.05) is 12.1 Å². The van der Waals surface area contributed by atoms with Crippen LogP contribution in [0, 0.1) is 27.9 Å². The summed E-state index contributed by atoms with van der Waals surface area (Å²) in [6.45, 7) is 4.26. The molecule has 3 unspecified atom stereocenters. The van der Waals surface area contributed by atoms with Crippen LogP contribution in [-0.2, 0) is 0 Å². The van der Waals surface area contributed by atoms with Crippen molar-refractivity contribution in [1.82, 2.24) is 15.3 Å². The number of piperazine rings is 1. The largest absolute Gasteiger partial charge is 0.390 e. The van der Waals surface area contributed by atoms with E-state index in [4.69, 9.17) is 4.98 Å². The quantitative estimate of drug-likeness (QED) is 0.482. The highest BCUT2D eigenvalue weighted by Gasteiger charge is 2.55. The van der Waals surface area contributed by atoms with Gasteiger partial charge in [0.1, 0.15) is 11.5 Å². The number of hydrogen-bond donors (Lipinski definition) is 2. The molecule has 4 aliphatic carbocycles. The Morgan fingerprint density at radius 3 is 2.58 bits per heavy atom. The van der Waals surface area contributed by atoms with Crippen molar-refractivity contribution < 1.29 is 14.8 Å². The first-order valence-corrected chi connectivity index (χ1v) is 12.9. The fourth-order valence-corrected chi connectivity index (χ4v) is 7.36. The summed E-state index contributed by atoms with van der Waals surface area (Å²) in [5.74, 6) is 1.80. The minimum atomic E-state index is -0.515. The maximum Gasteiger partial charge on any atom is 0.363 e. The van der Waals surface area contributed by atoms with E-state index in [0.717, 1.165) is 50.2 Å². The van der Waals surface area contributed by atoms with Crippen LogP contribution in [0.1, 0.15) is 49.5 Å². The number of aromatic nitrogens is 2. The third kappa shape index (κ3) is 4.17. The molecule has 5 fully saturated rings. The summed E-state index contributed by atoms with van der Waals surface area (Å²) >= 11 is 0. The van der Waals surface area contributed by atoms with Gasteiger partial charge in [0.15, 0.2) is 6.20 Å². The molecule has 190 valence electrons. The minimum Gasteiger partial charge on any atom is -0.390 e. The molecule has 4 saturated carbocycles. The van der Waals surface area contributed by atoms with Crippen molar-refractivity contribution in [3.05, 3.63) is 52.3 Å². The van der Waals surface area contributed by atoms with Gasteiger partial charge in [-0.05, 0) is 84.9 Å². The molecule has 3 heterocycles. The molecule has 2 aromatic heterocycles. The monoisotopic (exact) mass is 492 g/mol. The van der Waals surface area contributed by atoms with Crippen molar-refractivity contribution in [2.24, 2.45) is 17.8 Å². The average molecular weight is 493 g/mol. The van der Waals surface area contributed by atoms with Gasteiger partial charge < -0.3 is 30.3 Å². The molecular weight excluding hydrogens is 460 g/mol. The number of hydrogen-bond acceptors (Lipinski definition) is 8. The lowest BCUT2D eigenvalue weighted by Crippen LogP contribution is -2.61. The number of aliphatic hydroxyl groups is 1. The molecule has 1 saturated heterocycles. The summed E-state index contributed by atoms with van der Waals surface area (Å²) in [6, 6.07) is 9.01. The van der Waals surface area contributed by atoms with Gasteiger partial charge in [-0.2, -0.15) is 0 Å². The van der Waals surface area contributed by atoms with Gasteiger partial charge in [-0.3, -0.25) is 4.79 Å². The van der Waals surface area contributed by atoms with Crippen LogP contribution in [0.25, 0.3) is 0 Å². The highest BCUT2D eigenvalue weighted by molar-refractivity contribution is 5.93. The van der Waals surface area contributed by atoms with Crippen LogP contribution in [0.5, 0.6) is 0 Å². The molecule has 0 radical (unpaired) electrons. The number of rotatable bonds is 5. The molecule has 0 spiro atoms. The van der Waals surface area contributed by atoms with Gasteiger partial charge in [0.05, 0.1) is 11.3 Å². The minimum absolute atomic E-state index is 0.123. The van der Waals surface area contributed by atoms with Gasteiger partial charge in [0.2, 0.25) is 0 Å². The van der Waals surface area contributed by atoms with E-state index in [2.05, 4.69) is 27.0 Å². The molecule has 1 aliphatic heterocycles. The van der Waals surface area contributed by atoms with Crippen molar-refractivity contribution in [1.29, 1.82) is 0 Å². The van der Waals surface area contributed by atoms with Crippen LogP contribution in [0.15, 0.2) is 36.5 Å². The first kappa shape index (κ1) is 23.1. The van der Waals surface area contributed by atoms with Crippen LogP contribution in [0.3, 0.4) is 0 Å². The zero-order valence-electron chi connectivity index (χ0n) is 20.4. The summed E-state index contributed by atoms with van der Waals surface area (Å²) in [5, 5.41) is 25.0. The average Bonchev–Trinajstić information content (AvgIpc) is 2.85. The van der Waals surface area contributed by atoms with E-state index in [1.54, 1.807) is 18.3 Å². The number of nitrogens with one attached hydrogen (secondary N) is 1. The normalized spacial score (nSPS) is 33.0. The fraction of sp³-hybridized carbons (Fsp3) is 0.577. The lowest BCUT2D eigenvalue weighted by Gasteiger charge is -2.58. The lowest BCUT2D eigenvalue weighted by molar-refractivity contribution is -0.389. The molecule has 36 heavy (non-hydrogen) atoms. The predicted molar refractivity (Wildman–Crippen MR) is 134 cm³/mol. The summed E-state index contributed by atoms with van der Waals surface area (Å²) in [5.41, 5.74) is 0.765. The molecular formula is C26H32N6O4. The van der Waals surface area contributed by atoms with Crippen LogP contribution < -0.4 is 15.1 Å². The van der Waals surface area contributed by atoms with Crippen molar-refractivity contribution in [3.63, 3.8) is 0 Å². The van der Waals surface area contributed by atoms with Crippen LogP contribution in [-0.4, -0.2) is 63.2 Å². The van der Waals surface area contributed by atoms with Gasteiger partial charge in [-0.15, -0.1) is 0 Å². The SMILES string of the molecule is CC1CN(c2ccc([N+](=O)[O-])nc2)CCN1c1cccc(C(=O)NC2C3CC4CC2CC(O)(C4)C3)n1. The second kappa shape index (κ2) is 8.69. The van der Waals surface area contributed by atoms with Crippen molar-refractivity contribution in [3.8, 4) is 0 Å². The molecule has 2 N–H and O–H groups in total. The Morgan fingerprint density at radius 2 is 1.94 bits per heavy atom. The number of nitrogens with zero attached hydrogens (tertiary/aromatic N) is 5. The second-order valence-corrected chi connectivity index (χ2v) is 11.2. The second-order valence-electron chi connectivity index (χ2n) is 11.2. The number of pyridine rings is 2. The molecule has 10 heteroatoms. The van der Waals surface area contributed by atoms with Crippen LogP contribution in [0.2, 0.25) is 0 Å². The molecule has 0 aromatic carbocycles. The Hall–Kier alpha value is -3.27. The van der Waals surface area contributed by atoms with E-state index in [-0.39, 0.29) is 23.8 Å². The third-order valence-corrected chi connectivity index (χ3v) is 8.71. The topological polar surface area (TPSA) is 125 Å². The number of carbonyl (C=O) groups is 1. The molecule has 10 nitrogen and oxygen atoms in total. The Bertz CT molecular complexity index is 1160. The van der Waals surface area contributed by atoms with Crippen molar-refractivity contribution >= 4 is 23.2 Å². The lowest BCUT2D eigenvalue weighted by atomic mass is 9.52. The maximum atomic E-state index is 13.2. The van der Waals surface area contributed by atoms with Crippen LogP contribution >= 0.6 is 0 Å². The fourth-order valence-electron chi connectivity index (χ4n) is 7.36. The number of anilines is 2. The zero-order chi connectivity index (χ0) is 25.0. The van der Waals surface area contributed by atoms with Crippen molar-refractivity contribution in [2.75, 3.05) is 29.4 Å². The number of amides is 1. The summed E-state index contributed by atoms with van der Waals surface area (Å²) < 4.78 is 0. The maximum absolute atomic E-state index is 13.2. The summed E-state index contributed by atoms with van der Waals surface area (Å²) in [4.78, 5) is 36.6. The molecule has 4 bridgehead atoms. The first-order chi connectivity index (χ1) is 17.3. The third-order valence-electron chi connectivity index (χ3n) is 8.71. The molecule has 5 aliphatic rings. The summed E-state index contributed by atoms with van der Waals surface area (Å²) in [6.07, 6.45) is 6.27. The van der Waals surface area contributed by atoms with E-state index in [9.17, 15) is 20.0 Å². The highest BCUT2D eigenvalue weighted by atomic mass is 16.6.